The van der Waals surface area contributed by atoms with E-state index in [0.29, 0.717) is 12.0 Å². The van der Waals surface area contributed by atoms with Crippen molar-refractivity contribution < 1.29 is 23.9 Å². The first kappa shape index (κ1) is 22.3. The van der Waals surface area contributed by atoms with Gasteiger partial charge < -0.3 is 9.47 Å². The van der Waals surface area contributed by atoms with Crippen LogP contribution < -0.4 is 0 Å². The molecule has 0 aromatic heterocycles. The molecule has 0 heterocycles. The smallest absolute Gasteiger partial charge is 0.379 e. The third-order valence-electron chi connectivity index (χ3n) is 4.70. The van der Waals surface area contributed by atoms with Crippen LogP contribution in [-0.2, 0) is 14.3 Å². The zero-order valence-corrected chi connectivity index (χ0v) is 17.3. The highest BCUT2D eigenvalue weighted by atomic mass is 16.6. The summed E-state index contributed by atoms with van der Waals surface area (Å²) in [6.07, 6.45) is -0.678. The fraction of sp³-hybridized carbons (Fsp3) is 0.375. The molecule has 0 saturated carbocycles. The Labute approximate surface area is 172 Å². The standard InChI is InChI=1S/C24H28O5/c1-16(2)20(28-23(26)19-13-9-6-10-14-19)15-21(17(3)4)29-24(27)22(25)18-11-7-5-8-12-18/h5-14,16-17,20-21H,15H2,1-4H3. The van der Waals surface area contributed by atoms with E-state index in [9.17, 15) is 14.4 Å². The van der Waals surface area contributed by atoms with Crippen molar-refractivity contribution in [1.82, 2.24) is 0 Å². The van der Waals surface area contributed by atoms with Crippen molar-refractivity contribution in [3.8, 4) is 0 Å². The average Bonchev–Trinajstić information content (AvgIpc) is 2.72. The van der Waals surface area contributed by atoms with Crippen molar-refractivity contribution in [3.05, 3.63) is 71.8 Å². The predicted octanol–water partition coefficient (Wildman–Crippen LogP) is 4.71. The highest BCUT2D eigenvalue weighted by Crippen LogP contribution is 2.22. The topological polar surface area (TPSA) is 69.7 Å². The van der Waals surface area contributed by atoms with Crippen molar-refractivity contribution in [2.24, 2.45) is 11.8 Å². The summed E-state index contributed by atoms with van der Waals surface area (Å²) in [5.74, 6) is -2.02. The van der Waals surface area contributed by atoms with Gasteiger partial charge in [0, 0.05) is 12.0 Å². The molecule has 29 heavy (non-hydrogen) atoms. The Kier molecular flexibility index (Phi) is 8.13. The highest BCUT2D eigenvalue weighted by molar-refractivity contribution is 6.40. The molecule has 0 amide bonds. The fourth-order valence-electron chi connectivity index (χ4n) is 2.82. The summed E-state index contributed by atoms with van der Waals surface area (Å²) in [7, 11) is 0. The van der Waals surface area contributed by atoms with Gasteiger partial charge in [-0.2, -0.15) is 0 Å². The third-order valence-corrected chi connectivity index (χ3v) is 4.70. The van der Waals surface area contributed by atoms with E-state index in [1.165, 1.54) is 0 Å². The Balaban J connectivity index is 2.07. The SMILES string of the molecule is CC(C)C(CC(OC(=O)c1ccccc1)C(C)C)OC(=O)C(=O)c1ccccc1. The van der Waals surface area contributed by atoms with E-state index in [4.69, 9.17) is 9.47 Å². The number of Topliss-reactive ketones (excluding diaryl/α,β-unsaturated/α-hetero) is 1. The molecule has 154 valence electrons. The van der Waals surface area contributed by atoms with Gasteiger partial charge >= 0.3 is 11.9 Å². The van der Waals surface area contributed by atoms with Crippen molar-refractivity contribution in [3.63, 3.8) is 0 Å². The molecule has 5 heteroatoms. The van der Waals surface area contributed by atoms with Crippen LogP contribution in [0.1, 0.15) is 54.8 Å². The lowest BCUT2D eigenvalue weighted by Gasteiger charge is -2.28. The molecule has 2 rings (SSSR count). The van der Waals surface area contributed by atoms with E-state index < -0.39 is 29.9 Å². The van der Waals surface area contributed by atoms with Crippen LogP contribution in [0.15, 0.2) is 60.7 Å². The van der Waals surface area contributed by atoms with Gasteiger partial charge in [0.05, 0.1) is 5.56 Å². The number of benzene rings is 2. The van der Waals surface area contributed by atoms with Gasteiger partial charge in [0.2, 0.25) is 0 Å². The van der Waals surface area contributed by atoms with Crippen molar-refractivity contribution in [2.75, 3.05) is 0 Å². The number of ketones is 1. The van der Waals surface area contributed by atoms with Crippen LogP contribution in [0.2, 0.25) is 0 Å². The lowest BCUT2D eigenvalue weighted by atomic mass is 9.94. The monoisotopic (exact) mass is 396 g/mol. The normalized spacial score (nSPS) is 13.0. The second-order valence-electron chi connectivity index (χ2n) is 7.67. The molecule has 2 aromatic carbocycles. The molecular formula is C24H28O5. The zero-order valence-electron chi connectivity index (χ0n) is 17.3. The van der Waals surface area contributed by atoms with Crippen LogP contribution in [0, 0.1) is 11.8 Å². The second-order valence-corrected chi connectivity index (χ2v) is 7.67. The maximum Gasteiger partial charge on any atom is 0.379 e. The molecular weight excluding hydrogens is 368 g/mol. The number of carbonyl (C=O) groups excluding carboxylic acids is 3. The maximum atomic E-state index is 12.4. The summed E-state index contributed by atoms with van der Waals surface area (Å²) < 4.78 is 11.2. The number of carbonyl (C=O) groups is 3. The minimum Gasteiger partial charge on any atom is -0.458 e. The van der Waals surface area contributed by atoms with E-state index >= 15 is 0 Å². The maximum absolute atomic E-state index is 12.4. The molecule has 0 aliphatic heterocycles. The average molecular weight is 396 g/mol. The molecule has 0 N–H and O–H groups in total. The third kappa shape index (κ3) is 6.56. The van der Waals surface area contributed by atoms with E-state index in [-0.39, 0.29) is 17.4 Å². The molecule has 0 aliphatic carbocycles. The Bertz CT molecular complexity index is 812. The molecule has 2 unspecified atom stereocenters. The van der Waals surface area contributed by atoms with Gasteiger partial charge in [-0.3, -0.25) is 4.79 Å². The lowest BCUT2D eigenvalue weighted by Crippen LogP contribution is -2.35. The van der Waals surface area contributed by atoms with Crippen molar-refractivity contribution in [2.45, 2.75) is 46.3 Å². The Morgan fingerprint density at radius 3 is 1.62 bits per heavy atom. The zero-order chi connectivity index (χ0) is 21.4. The molecule has 2 aromatic rings. The van der Waals surface area contributed by atoms with Crippen molar-refractivity contribution in [1.29, 1.82) is 0 Å². The molecule has 2 atom stereocenters. The highest BCUT2D eigenvalue weighted by Gasteiger charge is 2.30. The number of hydrogen-bond acceptors (Lipinski definition) is 5. The molecule has 0 radical (unpaired) electrons. The summed E-state index contributed by atoms with van der Waals surface area (Å²) in [5, 5.41) is 0. The molecule has 5 nitrogen and oxygen atoms in total. The Morgan fingerprint density at radius 1 is 0.690 bits per heavy atom. The molecule has 0 bridgehead atoms. The number of hydrogen-bond donors (Lipinski definition) is 0. The quantitative estimate of drug-likeness (QED) is 0.349. The molecule has 0 aliphatic rings. The first-order chi connectivity index (χ1) is 13.8. The van der Waals surface area contributed by atoms with E-state index in [0.717, 1.165) is 0 Å². The lowest BCUT2D eigenvalue weighted by molar-refractivity contribution is -0.147. The van der Waals surface area contributed by atoms with Gasteiger partial charge in [0.1, 0.15) is 12.2 Å². The molecule has 0 fully saturated rings. The van der Waals surface area contributed by atoms with Gasteiger partial charge in [-0.15, -0.1) is 0 Å². The summed E-state index contributed by atoms with van der Waals surface area (Å²) in [5.41, 5.74) is 0.756. The van der Waals surface area contributed by atoms with Crippen LogP contribution in [0.5, 0.6) is 0 Å². The first-order valence-electron chi connectivity index (χ1n) is 9.86. The minimum absolute atomic E-state index is 0.0208. The van der Waals surface area contributed by atoms with Crippen LogP contribution in [-0.4, -0.2) is 29.9 Å². The van der Waals surface area contributed by atoms with Gasteiger partial charge in [-0.1, -0.05) is 76.2 Å². The van der Waals surface area contributed by atoms with Crippen LogP contribution in [0.4, 0.5) is 0 Å². The Hall–Kier alpha value is -2.95. The largest absolute Gasteiger partial charge is 0.458 e. The van der Waals surface area contributed by atoms with Crippen LogP contribution in [0.3, 0.4) is 0 Å². The van der Waals surface area contributed by atoms with Gasteiger partial charge in [-0.25, -0.2) is 9.59 Å². The molecule has 0 spiro atoms. The summed E-state index contributed by atoms with van der Waals surface area (Å²) in [6, 6.07) is 17.1. The van der Waals surface area contributed by atoms with E-state index in [1.807, 2.05) is 33.8 Å². The summed E-state index contributed by atoms with van der Waals surface area (Å²) in [6.45, 7) is 7.69. The second kappa shape index (κ2) is 10.6. The fourth-order valence-corrected chi connectivity index (χ4v) is 2.82. The van der Waals surface area contributed by atoms with Crippen LogP contribution >= 0.6 is 0 Å². The molecule has 0 saturated heterocycles. The van der Waals surface area contributed by atoms with E-state index in [2.05, 4.69) is 0 Å². The first-order valence-corrected chi connectivity index (χ1v) is 9.86. The minimum atomic E-state index is -0.896. The van der Waals surface area contributed by atoms with Gasteiger partial charge in [0.15, 0.2) is 0 Å². The predicted molar refractivity (Wildman–Crippen MR) is 111 cm³/mol. The van der Waals surface area contributed by atoms with Crippen LogP contribution in [0.25, 0.3) is 0 Å². The Morgan fingerprint density at radius 2 is 1.14 bits per heavy atom. The number of rotatable bonds is 9. The summed E-state index contributed by atoms with van der Waals surface area (Å²) >= 11 is 0. The van der Waals surface area contributed by atoms with E-state index in [1.54, 1.807) is 54.6 Å². The summed E-state index contributed by atoms with van der Waals surface area (Å²) in [4.78, 5) is 37.1. The van der Waals surface area contributed by atoms with Crippen molar-refractivity contribution >= 4 is 17.7 Å². The van der Waals surface area contributed by atoms with Gasteiger partial charge in [-0.05, 0) is 24.0 Å². The number of ether oxygens (including phenoxy) is 2. The number of esters is 2. The van der Waals surface area contributed by atoms with Gasteiger partial charge in [0.25, 0.3) is 5.78 Å².